The lowest BCUT2D eigenvalue weighted by Gasteiger charge is -2.32. The van der Waals surface area contributed by atoms with E-state index in [0.717, 1.165) is 40.1 Å². The first-order chi connectivity index (χ1) is 20.4. The van der Waals surface area contributed by atoms with Crippen molar-refractivity contribution in [1.29, 1.82) is 0 Å². The Balaban J connectivity index is 1.33. The first kappa shape index (κ1) is 30.3. The SMILES string of the molecule is COC(=O)[C@]1(C)CCN(c2nccc(-c3cccc(C)c3OCc3cc(C)c4c(c3)CCN(C(=O)OC(C)(C)C)C4)n2)C1. The average Bonchev–Trinajstić information content (AvgIpc) is 3.38. The summed E-state index contributed by atoms with van der Waals surface area (Å²) >= 11 is 0. The number of aryl methyl sites for hydroxylation is 2. The minimum Gasteiger partial charge on any atom is -0.488 e. The second kappa shape index (κ2) is 11.9. The first-order valence-corrected chi connectivity index (χ1v) is 14.9. The van der Waals surface area contributed by atoms with Crippen LogP contribution in [0.5, 0.6) is 5.75 Å². The van der Waals surface area contributed by atoms with Gasteiger partial charge < -0.3 is 24.0 Å². The zero-order chi connectivity index (χ0) is 30.9. The van der Waals surface area contributed by atoms with Gasteiger partial charge in [0, 0.05) is 37.9 Å². The minimum absolute atomic E-state index is 0.210. The highest BCUT2D eigenvalue weighted by molar-refractivity contribution is 5.78. The number of para-hydroxylation sites is 1. The van der Waals surface area contributed by atoms with Crippen LogP contribution in [-0.2, 0) is 33.8 Å². The highest BCUT2D eigenvalue weighted by atomic mass is 16.6. The van der Waals surface area contributed by atoms with E-state index in [-0.39, 0.29) is 12.1 Å². The Bertz CT molecular complexity index is 1530. The standard InChI is InChI=1S/C34H42N4O5/c1-22-9-8-10-26(28-11-14-35-31(36-28)38-16-13-34(6,21-38)30(39)41-7)29(22)42-20-24-17-23(2)27-19-37(15-12-25(27)18-24)32(40)43-33(3,4)5/h8-11,14,17-18H,12-13,15-16,19-21H2,1-7H3/t34-/m1/s1. The van der Waals surface area contributed by atoms with E-state index in [4.69, 9.17) is 19.2 Å². The number of rotatable bonds is 6. The monoisotopic (exact) mass is 586 g/mol. The molecular weight excluding hydrogens is 544 g/mol. The average molecular weight is 587 g/mol. The van der Waals surface area contributed by atoms with Gasteiger partial charge in [-0.3, -0.25) is 4.79 Å². The van der Waals surface area contributed by atoms with Gasteiger partial charge in [-0.1, -0.05) is 24.3 Å². The van der Waals surface area contributed by atoms with Crippen molar-refractivity contribution in [3.05, 3.63) is 70.4 Å². The van der Waals surface area contributed by atoms with Crippen LogP contribution in [0.15, 0.2) is 42.6 Å². The van der Waals surface area contributed by atoms with E-state index in [1.807, 2.05) is 63.8 Å². The van der Waals surface area contributed by atoms with Gasteiger partial charge in [-0.2, -0.15) is 0 Å². The molecule has 2 aliphatic heterocycles. The van der Waals surface area contributed by atoms with E-state index in [9.17, 15) is 9.59 Å². The van der Waals surface area contributed by atoms with Gasteiger partial charge in [-0.15, -0.1) is 0 Å². The van der Waals surface area contributed by atoms with Gasteiger partial charge in [0.2, 0.25) is 5.95 Å². The molecule has 43 heavy (non-hydrogen) atoms. The van der Waals surface area contributed by atoms with Gasteiger partial charge in [0.1, 0.15) is 18.0 Å². The number of ether oxygens (including phenoxy) is 3. The number of aromatic nitrogens is 2. The minimum atomic E-state index is -0.577. The summed E-state index contributed by atoms with van der Waals surface area (Å²) in [6.45, 7) is 14.5. The van der Waals surface area contributed by atoms with Crippen LogP contribution in [-0.4, -0.2) is 59.3 Å². The largest absolute Gasteiger partial charge is 0.488 e. The molecule has 0 aliphatic carbocycles. The third-order valence-corrected chi connectivity index (χ3v) is 8.23. The number of nitrogens with zero attached hydrogens (tertiary/aromatic N) is 4. The number of carbonyl (C=O) groups is 2. The molecule has 1 aromatic heterocycles. The number of hydrogen-bond acceptors (Lipinski definition) is 8. The number of anilines is 1. The Kier molecular flexibility index (Phi) is 8.36. The second-order valence-electron chi connectivity index (χ2n) is 12.9. The Morgan fingerprint density at radius 1 is 1.07 bits per heavy atom. The molecule has 228 valence electrons. The molecule has 1 saturated heterocycles. The fraction of sp³-hybridized carbons (Fsp3) is 0.471. The van der Waals surface area contributed by atoms with Gasteiger partial charge >= 0.3 is 12.1 Å². The summed E-state index contributed by atoms with van der Waals surface area (Å²) in [5.41, 5.74) is 6.21. The molecule has 1 atom stereocenters. The number of esters is 1. The first-order valence-electron chi connectivity index (χ1n) is 14.9. The number of fused-ring (bicyclic) bond motifs is 1. The molecule has 2 aliphatic rings. The third kappa shape index (κ3) is 6.60. The fourth-order valence-electron chi connectivity index (χ4n) is 5.91. The summed E-state index contributed by atoms with van der Waals surface area (Å²) in [4.78, 5) is 38.2. The molecule has 2 aromatic carbocycles. The van der Waals surface area contributed by atoms with Crippen LogP contribution in [0, 0.1) is 19.3 Å². The Morgan fingerprint density at radius 2 is 1.86 bits per heavy atom. The lowest BCUT2D eigenvalue weighted by Crippen LogP contribution is -2.40. The molecule has 0 bridgehead atoms. The van der Waals surface area contributed by atoms with Crippen LogP contribution in [0.1, 0.15) is 61.9 Å². The highest BCUT2D eigenvalue weighted by Crippen LogP contribution is 2.36. The lowest BCUT2D eigenvalue weighted by molar-refractivity contribution is -0.150. The van der Waals surface area contributed by atoms with Crippen molar-refractivity contribution >= 4 is 18.0 Å². The Labute approximate surface area is 254 Å². The highest BCUT2D eigenvalue weighted by Gasteiger charge is 2.42. The molecule has 0 spiro atoms. The normalized spacial score (nSPS) is 18.3. The van der Waals surface area contributed by atoms with Gasteiger partial charge in [-0.25, -0.2) is 14.8 Å². The summed E-state index contributed by atoms with van der Waals surface area (Å²) in [6.07, 6.45) is 2.94. The zero-order valence-corrected chi connectivity index (χ0v) is 26.3. The number of methoxy groups -OCH3 is 1. The molecule has 9 heteroatoms. The topological polar surface area (TPSA) is 94.1 Å². The summed E-state index contributed by atoms with van der Waals surface area (Å²) in [5.74, 6) is 1.15. The van der Waals surface area contributed by atoms with Crippen molar-refractivity contribution in [3.63, 3.8) is 0 Å². The van der Waals surface area contributed by atoms with E-state index in [1.54, 1.807) is 11.1 Å². The van der Waals surface area contributed by atoms with E-state index < -0.39 is 11.0 Å². The number of carbonyl (C=O) groups excluding carboxylic acids is 2. The summed E-state index contributed by atoms with van der Waals surface area (Å²) in [6, 6.07) is 12.3. The van der Waals surface area contributed by atoms with Gasteiger partial charge in [0.25, 0.3) is 0 Å². The van der Waals surface area contributed by atoms with Crippen molar-refractivity contribution in [3.8, 4) is 17.0 Å². The second-order valence-corrected chi connectivity index (χ2v) is 12.9. The molecule has 0 unspecified atom stereocenters. The van der Waals surface area contributed by atoms with E-state index in [2.05, 4.69) is 24.0 Å². The van der Waals surface area contributed by atoms with Crippen LogP contribution in [0.3, 0.4) is 0 Å². The van der Waals surface area contributed by atoms with Crippen LogP contribution in [0.2, 0.25) is 0 Å². The van der Waals surface area contributed by atoms with Crippen LogP contribution >= 0.6 is 0 Å². The Hall–Kier alpha value is -4.14. The number of hydrogen-bond donors (Lipinski definition) is 0. The molecule has 0 saturated carbocycles. The van der Waals surface area contributed by atoms with Gasteiger partial charge in [0.15, 0.2) is 0 Å². The summed E-state index contributed by atoms with van der Waals surface area (Å²) in [5, 5.41) is 0. The van der Waals surface area contributed by atoms with Gasteiger partial charge in [0.05, 0.1) is 18.2 Å². The molecule has 0 N–H and O–H groups in total. The van der Waals surface area contributed by atoms with Crippen LogP contribution < -0.4 is 9.64 Å². The third-order valence-electron chi connectivity index (χ3n) is 8.23. The molecule has 3 aromatic rings. The van der Waals surface area contributed by atoms with Gasteiger partial charge in [-0.05, 0) is 94.3 Å². The van der Waals surface area contributed by atoms with Crippen molar-refractivity contribution in [2.24, 2.45) is 5.41 Å². The van der Waals surface area contributed by atoms with E-state index in [1.165, 1.54) is 18.2 Å². The fourth-order valence-corrected chi connectivity index (χ4v) is 5.91. The zero-order valence-electron chi connectivity index (χ0n) is 26.3. The maximum atomic E-state index is 12.7. The predicted molar refractivity (Wildman–Crippen MR) is 165 cm³/mol. The molecule has 1 fully saturated rings. The van der Waals surface area contributed by atoms with Crippen molar-refractivity contribution < 1.29 is 23.8 Å². The number of benzene rings is 2. The maximum absolute atomic E-state index is 12.7. The Morgan fingerprint density at radius 3 is 2.60 bits per heavy atom. The van der Waals surface area contributed by atoms with Crippen LogP contribution in [0.25, 0.3) is 11.3 Å². The van der Waals surface area contributed by atoms with Crippen molar-refractivity contribution in [2.45, 2.75) is 73.1 Å². The molecule has 1 amide bonds. The molecule has 5 rings (SSSR count). The van der Waals surface area contributed by atoms with Crippen LogP contribution in [0.4, 0.5) is 10.7 Å². The maximum Gasteiger partial charge on any atom is 0.410 e. The molecule has 0 radical (unpaired) electrons. The quantitative estimate of drug-likeness (QED) is 0.324. The van der Waals surface area contributed by atoms with E-state index in [0.29, 0.717) is 45.2 Å². The molecule has 9 nitrogen and oxygen atoms in total. The predicted octanol–water partition coefficient (Wildman–Crippen LogP) is 6.02. The molecular formula is C34H42N4O5. The summed E-state index contributed by atoms with van der Waals surface area (Å²) in [7, 11) is 1.43. The van der Waals surface area contributed by atoms with Crippen molar-refractivity contribution in [1.82, 2.24) is 14.9 Å². The molecule has 3 heterocycles. The smallest absolute Gasteiger partial charge is 0.410 e. The van der Waals surface area contributed by atoms with E-state index >= 15 is 0 Å². The lowest BCUT2D eigenvalue weighted by atomic mass is 9.90. The number of amides is 1. The van der Waals surface area contributed by atoms with Crippen molar-refractivity contribution in [2.75, 3.05) is 31.6 Å². The summed E-state index contributed by atoms with van der Waals surface area (Å²) < 4.78 is 17.1.